The highest BCUT2D eigenvalue weighted by Gasteiger charge is 2.17. The second-order valence-corrected chi connectivity index (χ2v) is 7.10. The third kappa shape index (κ3) is 5.27. The van der Waals surface area contributed by atoms with Crippen LogP contribution in [0.15, 0.2) is 34.3 Å². The monoisotopic (exact) mass is 349 g/mol. The number of nitrogens with one attached hydrogen (secondary N) is 1. The summed E-state index contributed by atoms with van der Waals surface area (Å²) in [6.45, 7) is 5.49. The molecule has 21 heavy (non-hydrogen) atoms. The maximum atomic E-state index is 3.77. The SMILES string of the molecule is CCCNC(/C1=C/CCCCCC1)c1cc(C)cc(Br)c1. The van der Waals surface area contributed by atoms with Gasteiger partial charge < -0.3 is 5.32 Å². The molecule has 1 atom stereocenters. The minimum absolute atomic E-state index is 0.388. The predicted molar refractivity (Wildman–Crippen MR) is 95.7 cm³/mol. The maximum Gasteiger partial charge on any atom is 0.0536 e. The highest BCUT2D eigenvalue weighted by molar-refractivity contribution is 9.10. The van der Waals surface area contributed by atoms with Gasteiger partial charge in [0, 0.05) is 4.47 Å². The van der Waals surface area contributed by atoms with Crippen LogP contribution in [-0.2, 0) is 0 Å². The fourth-order valence-corrected chi connectivity index (χ4v) is 3.79. The molecule has 1 aromatic carbocycles. The van der Waals surface area contributed by atoms with Gasteiger partial charge in [0.1, 0.15) is 0 Å². The van der Waals surface area contributed by atoms with E-state index >= 15 is 0 Å². The Kier molecular flexibility index (Phi) is 6.98. The van der Waals surface area contributed by atoms with Gasteiger partial charge in [-0.1, -0.05) is 53.4 Å². The van der Waals surface area contributed by atoms with Gasteiger partial charge in [-0.2, -0.15) is 0 Å². The molecule has 1 unspecified atom stereocenters. The third-order valence-electron chi connectivity index (χ3n) is 4.19. The van der Waals surface area contributed by atoms with Crippen molar-refractivity contribution in [3.63, 3.8) is 0 Å². The molecule has 1 aliphatic carbocycles. The lowest BCUT2D eigenvalue weighted by molar-refractivity contribution is 0.540. The first kappa shape index (κ1) is 16.8. The summed E-state index contributed by atoms with van der Waals surface area (Å²) < 4.78 is 1.19. The number of rotatable bonds is 5. The number of halogens is 1. The van der Waals surface area contributed by atoms with Gasteiger partial charge in [0.05, 0.1) is 6.04 Å². The van der Waals surface area contributed by atoms with E-state index in [9.17, 15) is 0 Å². The lowest BCUT2D eigenvalue weighted by Crippen LogP contribution is -2.24. The van der Waals surface area contributed by atoms with Crippen LogP contribution in [0.3, 0.4) is 0 Å². The number of aryl methyl sites for hydroxylation is 1. The van der Waals surface area contributed by atoms with E-state index in [1.807, 2.05) is 0 Å². The van der Waals surface area contributed by atoms with Gasteiger partial charge in [-0.3, -0.25) is 0 Å². The summed E-state index contributed by atoms with van der Waals surface area (Å²) in [7, 11) is 0. The number of hydrogen-bond donors (Lipinski definition) is 1. The largest absolute Gasteiger partial charge is 0.307 e. The van der Waals surface area contributed by atoms with Crippen molar-refractivity contribution in [2.75, 3.05) is 6.54 Å². The molecule has 0 saturated heterocycles. The molecule has 2 heteroatoms. The van der Waals surface area contributed by atoms with Crippen LogP contribution in [0.25, 0.3) is 0 Å². The van der Waals surface area contributed by atoms with Crippen molar-refractivity contribution in [3.8, 4) is 0 Å². The zero-order valence-corrected chi connectivity index (χ0v) is 15.0. The fraction of sp³-hybridized carbons (Fsp3) is 0.579. The Morgan fingerprint density at radius 1 is 1.14 bits per heavy atom. The van der Waals surface area contributed by atoms with E-state index in [4.69, 9.17) is 0 Å². The predicted octanol–water partition coefficient (Wildman–Crippen LogP) is 6.08. The normalized spacial score (nSPS) is 20.2. The molecule has 0 saturated carbocycles. The van der Waals surface area contributed by atoms with E-state index in [1.54, 1.807) is 5.57 Å². The van der Waals surface area contributed by atoms with Gasteiger partial charge in [-0.05, 0) is 68.8 Å². The summed E-state index contributed by atoms with van der Waals surface area (Å²) in [5.74, 6) is 0. The highest BCUT2D eigenvalue weighted by atomic mass is 79.9. The molecule has 0 radical (unpaired) electrons. The third-order valence-corrected chi connectivity index (χ3v) is 4.65. The fourth-order valence-electron chi connectivity index (χ4n) is 3.16. The summed E-state index contributed by atoms with van der Waals surface area (Å²) in [4.78, 5) is 0. The van der Waals surface area contributed by atoms with Gasteiger partial charge in [0.15, 0.2) is 0 Å². The summed E-state index contributed by atoms with van der Waals surface area (Å²) in [5.41, 5.74) is 4.33. The molecule has 1 N–H and O–H groups in total. The quantitative estimate of drug-likeness (QED) is 0.635. The summed E-state index contributed by atoms with van der Waals surface area (Å²) in [5, 5.41) is 3.77. The molecule has 2 rings (SSSR count). The Hall–Kier alpha value is -0.600. The molecule has 0 heterocycles. The van der Waals surface area contributed by atoms with Gasteiger partial charge in [0.25, 0.3) is 0 Å². The second-order valence-electron chi connectivity index (χ2n) is 6.18. The van der Waals surface area contributed by atoms with Crippen molar-refractivity contribution < 1.29 is 0 Å². The first-order valence-corrected chi connectivity index (χ1v) is 9.19. The molecule has 0 fully saturated rings. The average Bonchev–Trinajstić information content (AvgIpc) is 2.39. The zero-order chi connectivity index (χ0) is 15.1. The molecule has 1 aromatic rings. The molecule has 116 valence electrons. The number of hydrogen-bond acceptors (Lipinski definition) is 1. The Morgan fingerprint density at radius 3 is 2.71 bits per heavy atom. The van der Waals surface area contributed by atoms with Gasteiger partial charge in [-0.25, -0.2) is 0 Å². The van der Waals surface area contributed by atoms with Gasteiger partial charge in [0.2, 0.25) is 0 Å². The zero-order valence-electron chi connectivity index (χ0n) is 13.4. The van der Waals surface area contributed by atoms with Crippen LogP contribution in [0.1, 0.15) is 69.0 Å². The van der Waals surface area contributed by atoms with Crippen LogP contribution in [0.2, 0.25) is 0 Å². The van der Waals surface area contributed by atoms with Crippen molar-refractivity contribution in [2.24, 2.45) is 0 Å². The molecule has 1 nitrogen and oxygen atoms in total. The van der Waals surface area contributed by atoms with E-state index < -0.39 is 0 Å². The maximum absolute atomic E-state index is 3.77. The highest BCUT2D eigenvalue weighted by Crippen LogP contribution is 2.31. The molecular formula is C19H28BrN. The van der Waals surface area contributed by atoms with Crippen molar-refractivity contribution in [1.82, 2.24) is 5.32 Å². The first-order valence-electron chi connectivity index (χ1n) is 8.40. The van der Waals surface area contributed by atoms with Crippen molar-refractivity contribution in [2.45, 2.75) is 64.8 Å². The number of allylic oxidation sites excluding steroid dienone is 1. The van der Waals surface area contributed by atoms with Crippen LogP contribution in [-0.4, -0.2) is 6.54 Å². The van der Waals surface area contributed by atoms with Crippen molar-refractivity contribution in [1.29, 1.82) is 0 Å². The van der Waals surface area contributed by atoms with E-state index in [0.29, 0.717) is 6.04 Å². The lowest BCUT2D eigenvalue weighted by Gasteiger charge is -2.24. The Bertz CT molecular complexity index is 458. The lowest BCUT2D eigenvalue weighted by atomic mass is 9.90. The van der Waals surface area contributed by atoms with E-state index in [-0.39, 0.29) is 0 Å². The molecule has 0 aliphatic heterocycles. The molecule has 0 amide bonds. The van der Waals surface area contributed by atoms with E-state index in [2.05, 4.69) is 59.4 Å². The standard InChI is InChI=1S/C19H28BrN/c1-3-11-21-19(16-9-7-5-4-6-8-10-16)17-12-15(2)13-18(20)14-17/h9,12-14,19,21H,3-8,10-11H2,1-2H3/b16-9+. The number of benzene rings is 1. The van der Waals surface area contributed by atoms with E-state index in [0.717, 1.165) is 6.54 Å². The smallest absolute Gasteiger partial charge is 0.0536 e. The first-order chi connectivity index (χ1) is 10.2. The van der Waals surface area contributed by atoms with Gasteiger partial charge in [-0.15, -0.1) is 0 Å². The van der Waals surface area contributed by atoms with Crippen LogP contribution >= 0.6 is 15.9 Å². The van der Waals surface area contributed by atoms with E-state index in [1.165, 1.54) is 60.5 Å². The van der Waals surface area contributed by atoms with Crippen LogP contribution in [0.4, 0.5) is 0 Å². The van der Waals surface area contributed by atoms with Crippen LogP contribution in [0.5, 0.6) is 0 Å². The molecular weight excluding hydrogens is 322 g/mol. The Morgan fingerprint density at radius 2 is 1.95 bits per heavy atom. The Balaban J connectivity index is 2.27. The summed E-state index contributed by atoms with van der Waals surface area (Å²) in [6.07, 6.45) is 11.6. The molecule has 0 spiro atoms. The molecule has 0 bridgehead atoms. The minimum atomic E-state index is 0.388. The van der Waals surface area contributed by atoms with Crippen molar-refractivity contribution >= 4 is 15.9 Å². The van der Waals surface area contributed by atoms with Crippen LogP contribution in [0, 0.1) is 6.92 Å². The molecule has 1 aliphatic rings. The summed E-state index contributed by atoms with van der Waals surface area (Å²) >= 11 is 3.65. The summed E-state index contributed by atoms with van der Waals surface area (Å²) in [6, 6.07) is 7.18. The Labute approximate surface area is 138 Å². The van der Waals surface area contributed by atoms with Crippen molar-refractivity contribution in [3.05, 3.63) is 45.4 Å². The topological polar surface area (TPSA) is 12.0 Å². The minimum Gasteiger partial charge on any atom is -0.307 e. The van der Waals surface area contributed by atoms with Gasteiger partial charge >= 0.3 is 0 Å². The molecule has 0 aromatic heterocycles. The second kappa shape index (κ2) is 8.75. The van der Waals surface area contributed by atoms with Crippen LogP contribution < -0.4 is 5.32 Å². The average molecular weight is 350 g/mol.